The summed E-state index contributed by atoms with van der Waals surface area (Å²) < 4.78 is 61.8. The van der Waals surface area contributed by atoms with Crippen LogP contribution in [0.25, 0.3) is 28.1 Å². The van der Waals surface area contributed by atoms with Gasteiger partial charge in [0, 0.05) is 54.0 Å². The molecule has 0 unspecified atom stereocenters. The Balaban J connectivity index is 1.50. The maximum absolute atomic E-state index is 15.3. The number of nitrogens with zero attached hydrogens (tertiary/aromatic N) is 5. The molecule has 8 nitrogen and oxygen atoms in total. The molecule has 0 aliphatic carbocycles. The molecule has 0 atom stereocenters. The number of carbonyl (C=O) groups is 1. The lowest BCUT2D eigenvalue weighted by Crippen LogP contribution is -2.61. The number of phenolic OH excluding ortho intramolecular Hbond substituents is 1. The van der Waals surface area contributed by atoms with Crippen molar-refractivity contribution in [2.24, 2.45) is 5.41 Å². The van der Waals surface area contributed by atoms with Crippen LogP contribution in [0, 0.1) is 11.2 Å². The van der Waals surface area contributed by atoms with Crippen LogP contribution in [0.15, 0.2) is 43.5 Å². The molecule has 0 radical (unpaired) electrons. The number of carbonyl (C=O) groups excluding carboxylic acids is 1. The molecule has 46 heavy (non-hydrogen) atoms. The quantitative estimate of drug-likeness (QED) is 0.245. The summed E-state index contributed by atoms with van der Waals surface area (Å²) in [6, 6.07) is 5.10. The molecule has 3 saturated heterocycles. The molecule has 3 aliphatic heterocycles. The van der Waals surface area contributed by atoms with Gasteiger partial charge in [-0.2, -0.15) is 13.2 Å². The molecule has 0 bridgehead atoms. The fourth-order valence-electron chi connectivity index (χ4n) is 6.94. The van der Waals surface area contributed by atoms with Gasteiger partial charge in [0.25, 0.3) is 0 Å². The van der Waals surface area contributed by atoms with E-state index in [2.05, 4.69) is 23.0 Å². The van der Waals surface area contributed by atoms with E-state index in [1.807, 2.05) is 7.05 Å². The number of anilines is 1. The number of amides is 1. The van der Waals surface area contributed by atoms with Gasteiger partial charge in [-0.3, -0.25) is 4.79 Å². The number of hydrogen-bond acceptors (Lipinski definition) is 7. The minimum Gasteiger partial charge on any atom is -0.508 e. The zero-order valence-electron chi connectivity index (χ0n) is 25.7. The topological polar surface area (TPSA) is 82.0 Å². The largest absolute Gasteiger partial charge is 0.508 e. The first-order valence-electron chi connectivity index (χ1n) is 15.4. The molecular weight excluding hydrogens is 602 g/mol. The second-order valence-corrected chi connectivity index (χ2v) is 12.7. The van der Waals surface area contributed by atoms with Crippen LogP contribution in [0.2, 0.25) is 0 Å². The summed E-state index contributed by atoms with van der Waals surface area (Å²) in [6.07, 6.45) is 1.24. The highest BCUT2D eigenvalue weighted by molar-refractivity contribution is 6.02. The first-order chi connectivity index (χ1) is 21.9. The van der Waals surface area contributed by atoms with Gasteiger partial charge in [-0.15, -0.1) is 0 Å². The molecule has 6 rings (SSSR count). The molecule has 1 N–H and O–H groups in total. The number of fused-ring (bicyclic) bond motifs is 1. The smallest absolute Gasteiger partial charge is 0.422 e. The number of phenols is 1. The third-order valence-corrected chi connectivity index (χ3v) is 9.54. The number of aromatic hydroxyl groups is 1. The lowest BCUT2D eigenvalue weighted by Gasteiger charge is -2.54. The molecule has 0 saturated carbocycles. The van der Waals surface area contributed by atoms with Gasteiger partial charge in [-0.25, -0.2) is 14.4 Å². The standard InChI is InChI=1S/C34H37F4N5O3/c1-4-21-16-25-29(30(46-20-34(36,37)38)28(21)24-17-23(44)6-7-26(24)35)39-31(22-8-12-41(3)13-9-22)40-32(25)42-14-10-33(11-15-42)18-43(19-33)27(45)5-2/h4-7,16-17,22,44H,1-2,8-15,18-20H2,3H3. The number of likely N-dealkylation sites (tertiary alicyclic amines) is 2. The van der Waals surface area contributed by atoms with Crippen molar-refractivity contribution >= 4 is 28.7 Å². The first kappa shape index (κ1) is 31.8. The van der Waals surface area contributed by atoms with Crippen LogP contribution in [-0.2, 0) is 4.79 Å². The summed E-state index contributed by atoms with van der Waals surface area (Å²) in [6.45, 7) is 10.0. The van der Waals surface area contributed by atoms with Crippen molar-refractivity contribution in [3.05, 3.63) is 60.7 Å². The second kappa shape index (κ2) is 12.2. The highest BCUT2D eigenvalue weighted by atomic mass is 19.4. The highest BCUT2D eigenvalue weighted by Crippen LogP contribution is 2.47. The molecule has 1 spiro atoms. The zero-order valence-corrected chi connectivity index (χ0v) is 25.7. The van der Waals surface area contributed by atoms with Gasteiger partial charge in [0.2, 0.25) is 5.91 Å². The Kier molecular flexibility index (Phi) is 8.43. The summed E-state index contributed by atoms with van der Waals surface area (Å²) in [5.41, 5.74) is 0.370. The maximum atomic E-state index is 15.3. The molecule has 3 fully saturated rings. The summed E-state index contributed by atoms with van der Waals surface area (Å²) >= 11 is 0. The third-order valence-electron chi connectivity index (χ3n) is 9.54. The maximum Gasteiger partial charge on any atom is 0.422 e. The molecule has 12 heteroatoms. The molecule has 4 heterocycles. The van der Waals surface area contributed by atoms with E-state index in [1.54, 1.807) is 11.0 Å². The van der Waals surface area contributed by atoms with E-state index in [4.69, 9.17) is 14.7 Å². The van der Waals surface area contributed by atoms with E-state index in [0.29, 0.717) is 48.8 Å². The van der Waals surface area contributed by atoms with E-state index >= 15 is 4.39 Å². The van der Waals surface area contributed by atoms with Crippen molar-refractivity contribution in [2.45, 2.75) is 37.8 Å². The van der Waals surface area contributed by atoms with Gasteiger partial charge in [0.1, 0.15) is 28.7 Å². The monoisotopic (exact) mass is 639 g/mol. The minimum atomic E-state index is -4.68. The Morgan fingerprint density at radius 1 is 1.11 bits per heavy atom. The van der Waals surface area contributed by atoms with Crippen LogP contribution in [0.1, 0.15) is 43.0 Å². The first-order valence-corrected chi connectivity index (χ1v) is 15.4. The average molecular weight is 640 g/mol. The minimum absolute atomic E-state index is 0.00204. The van der Waals surface area contributed by atoms with Gasteiger partial charge < -0.3 is 24.5 Å². The van der Waals surface area contributed by atoms with Gasteiger partial charge >= 0.3 is 6.18 Å². The van der Waals surface area contributed by atoms with Gasteiger partial charge in [-0.1, -0.05) is 19.2 Å². The molecule has 3 aliphatic rings. The Labute approximate surface area is 265 Å². The fraction of sp³-hybridized carbons (Fsp3) is 0.441. The average Bonchev–Trinajstić information content (AvgIpc) is 3.02. The summed E-state index contributed by atoms with van der Waals surface area (Å²) in [5.74, 6) is -0.264. The summed E-state index contributed by atoms with van der Waals surface area (Å²) in [4.78, 5) is 28.1. The van der Waals surface area contributed by atoms with Gasteiger partial charge in [-0.05, 0) is 81.7 Å². The van der Waals surface area contributed by atoms with E-state index in [-0.39, 0.29) is 45.4 Å². The lowest BCUT2D eigenvalue weighted by atomic mass is 9.72. The predicted molar refractivity (Wildman–Crippen MR) is 168 cm³/mol. The van der Waals surface area contributed by atoms with Crippen LogP contribution in [0.3, 0.4) is 0 Å². The lowest BCUT2D eigenvalue weighted by molar-refractivity contribution is -0.153. The van der Waals surface area contributed by atoms with Crippen molar-refractivity contribution in [1.29, 1.82) is 0 Å². The predicted octanol–water partition coefficient (Wildman–Crippen LogP) is 6.15. The molecule has 244 valence electrons. The van der Waals surface area contributed by atoms with E-state index in [1.165, 1.54) is 18.2 Å². The van der Waals surface area contributed by atoms with Crippen LogP contribution in [-0.4, -0.2) is 89.9 Å². The SMILES string of the molecule is C=CC(=O)N1CC2(CCN(c3nc(C4CCN(C)CC4)nc4c(OCC(F)(F)F)c(-c5cc(O)ccc5F)c(C=C)cc34)CC2)C1. The van der Waals surface area contributed by atoms with Crippen molar-refractivity contribution < 1.29 is 32.2 Å². The third kappa shape index (κ3) is 6.14. The Morgan fingerprint density at radius 2 is 1.80 bits per heavy atom. The Morgan fingerprint density at radius 3 is 2.43 bits per heavy atom. The number of ether oxygens (including phenoxy) is 1. The number of rotatable bonds is 7. The van der Waals surface area contributed by atoms with Crippen LogP contribution in [0.5, 0.6) is 11.5 Å². The number of halogens is 4. The van der Waals surface area contributed by atoms with Crippen molar-refractivity contribution in [1.82, 2.24) is 19.8 Å². The number of benzene rings is 2. The van der Waals surface area contributed by atoms with Gasteiger partial charge in [0.15, 0.2) is 12.4 Å². The van der Waals surface area contributed by atoms with Crippen LogP contribution >= 0.6 is 0 Å². The second-order valence-electron chi connectivity index (χ2n) is 12.7. The van der Waals surface area contributed by atoms with E-state index < -0.39 is 18.6 Å². The van der Waals surface area contributed by atoms with Crippen molar-refractivity contribution in [3.63, 3.8) is 0 Å². The molecule has 1 amide bonds. The van der Waals surface area contributed by atoms with Crippen LogP contribution < -0.4 is 9.64 Å². The zero-order chi connectivity index (χ0) is 32.8. The molecular formula is C34H37F4N5O3. The highest BCUT2D eigenvalue weighted by Gasteiger charge is 2.46. The van der Waals surface area contributed by atoms with E-state index in [9.17, 15) is 23.1 Å². The fourth-order valence-corrected chi connectivity index (χ4v) is 6.94. The van der Waals surface area contributed by atoms with Gasteiger partial charge in [0.05, 0.1) is 0 Å². The Hall–Kier alpha value is -4.19. The molecule has 3 aromatic rings. The number of piperidine rings is 2. The number of aromatic nitrogens is 2. The summed E-state index contributed by atoms with van der Waals surface area (Å²) in [7, 11) is 2.03. The normalized spacial score (nSPS) is 18.9. The van der Waals surface area contributed by atoms with Crippen molar-refractivity contribution in [3.8, 4) is 22.6 Å². The summed E-state index contributed by atoms with van der Waals surface area (Å²) in [5, 5.41) is 10.7. The molecule has 1 aromatic heterocycles. The molecule has 2 aromatic carbocycles. The number of hydrogen-bond donors (Lipinski definition) is 1. The Bertz CT molecular complexity index is 1670. The van der Waals surface area contributed by atoms with Crippen molar-refractivity contribution in [2.75, 3.05) is 57.8 Å². The van der Waals surface area contributed by atoms with E-state index in [0.717, 1.165) is 50.9 Å². The number of alkyl halides is 3. The van der Waals surface area contributed by atoms with Crippen LogP contribution in [0.4, 0.5) is 23.4 Å².